The summed E-state index contributed by atoms with van der Waals surface area (Å²) in [6.45, 7) is 0. The number of benzene rings is 3. The average molecular weight is 327 g/mol. The number of rotatable bonds is 3. The fraction of sp³-hybridized carbons (Fsp3) is 0.130. The second-order valence-electron chi connectivity index (χ2n) is 6.30. The van der Waals surface area contributed by atoms with E-state index in [0.29, 0.717) is 0 Å². The molecule has 0 spiro atoms. The SMILES string of the molecule is COc1ccc(C2CC(c3ccccc3)=Cc3ccccc3N2)cc1. The van der Waals surface area contributed by atoms with Gasteiger partial charge in [-0.25, -0.2) is 0 Å². The van der Waals surface area contributed by atoms with Gasteiger partial charge in [-0.1, -0.05) is 60.7 Å². The van der Waals surface area contributed by atoms with Gasteiger partial charge in [-0.05, 0) is 53.0 Å². The van der Waals surface area contributed by atoms with E-state index in [1.54, 1.807) is 7.11 Å². The Balaban J connectivity index is 1.76. The first-order chi connectivity index (χ1) is 12.3. The summed E-state index contributed by atoms with van der Waals surface area (Å²) in [5.41, 5.74) is 6.30. The summed E-state index contributed by atoms with van der Waals surface area (Å²) >= 11 is 0. The van der Waals surface area contributed by atoms with Crippen LogP contribution < -0.4 is 10.1 Å². The summed E-state index contributed by atoms with van der Waals surface area (Å²) in [7, 11) is 1.70. The van der Waals surface area contributed by atoms with Gasteiger partial charge in [0.15, 0.2) is 0 Å². The first-order valence-corrected chi connectivity index (χ1v) is 8.59. The molecule has 0 aliphatic carbocycles. The Hall–Kier alpha value is -3.00. The fourth-order valence-corrected chi connectivity index (χ4v) is 3.35. The van der Waals surface area contributed by atoms with Gasteiger partial charge in [0.05, 0.1) is 13.2 Å². The van der Waals surface area contributed by atoms with Crippen molar-refractivity contribution in [1.82, 2.24) is 0 Å². The van der Waals surface area contributed by atoms with Crippen molar-refractivity contribution >= 4 is 17.3 Å². The van der Waals surface area contributed by atoms with Crippen molar-refractivity contribution in [3.8, 4) is 5.75 Å². The Morgan fingerprint density at radius 3 is 2.32 bits per heavy atom. The minimum atomic E-state index is 0.223. The maximum absolute atomic E-state index is 5.30. The first-order valence-electron chi connectivity index (χ1n) is 8.59. The van der Waals surface area contributed by atoms with Crippen LogP contribution in [0.25, 0.3) is 11.6 Å². The molecule has 0 fully saturated rings. The predicted octanol–water partition coefficient (Wildman–Crippen LogP) is 5.79. The zero-order valence-electron chi connectivity index (χ0n) is 14.3. The smallest absolute Gasteiger partial charge is 0.118 e. The number of methoxy groups -OCH3 is 1. The van der Waals surface area contributed by atoms with Crippen molar-refractivity contribution in [2.75, 3.05) is 12.4 Å². The topological polar surface area (TPSA) is 21.3 Å². The van der Waals surface area contributed by atoms with Gasteiger partial charge in [0, 0.05) is 5.69 Å². The molecule has 0 aromatic heterocycles. The minimum absolute atomic E-state index is 0.223. The van der Waals surface area contributed by atoms with E-state index in [-0.39, 0.29) is 6.04 Å². The summed E-state index contributed by atoms with van der Waals surface area (Å²) in [5.74, 6) is 0.886. The van der Waals surface area contributed by atoms with Gasteiger partial charge in [0.2, 0.25) is 0 Å². The van der Waals surface area contributed by atoms with Crippen LogP contribution in [-0.4, -0.2) is 7.11 Å². The molecular weight excluding hydrogens is 306 g/mol. The zero-order valence-corrected chi connectivity index (χ0v) is 14.3. The van der Waals surface area contributed by atoms with Gasteiger partial charge in [0.1, 0.15) is 5.75 Å². The van der Waals surface area contributed by atoms with E-state index in [1.165, 1.54) is 28.0 Å². The summed E-state index contributed by atoms with van der Waals surface area (Å²) in [6, 6.07) is 27.7. The van der Waals surface area contributed by atoms with E-state index >= 15 is 0 Å². The lowest BCUT2D eigenvalue weighted by atomic mass is 9.94. The molecule has 0 radical (unpaired) electrons. The van der Waals surface area contributed by atoms with Crippen LogP contribution in [0.3, 0.4) is 0 Å². The third kappa shape index (κ3) is 3.29. The summed E-state index contributed by atoms with van der Waals surface area (Å²) < 4.78 is 5.30. The molecule has 3 aromatic rings. The highest BCUT2D eigenvalue weighted by Crippen LogP contribution is 2.37. The average Bonchev–Trinajstić information content (AvgIpc) is 2.88. The standard InChI is InChI=1S/C23H21NO/c1-25-21-13-11-18(12-14-21)23-16-20(17-7-3-2-4-8-17)15-19-9-5-6-10-22(19)24-23/h2-15,23-24H,16H2,1H3. The first kappa shape index (κ1) is 15.5. The van der Waals surface area contributed by atoms with Crippen LogP contribution in [-0.2, 0) is 0 Å². The molecule has 1 unspecified atom stereocenters. The second-order valence-corrected chi connectivity index (χ2v) is 6.30. The monoisotopic (exact) mass is 327 g/mol. The molecule has 0 saturated carbocycles. The number of anilines is 1. The van der Waals surface area contributed by atoms with Crippen LogP contribution in [0.5, 0.6) is 5.75 Å². The maximum atomic E-state index is 5.30. The lowest BCUT2D eigenvalue weighted by Crippen LogP contribution is -2.10. The minimum Gasteiger partial charge on any atom is -0.497 e. The number of fused-ring (bicyclic) bond motifs is 1. The van der Waals surface area contributed by atoms with E-state index < -0.39 is 0 Å². The molecule has 1 aliphatic rings. The van der Waals surface area contributed by atoms with Crippen molar-refractivity contribution in [2.45, 2.75) is 12.5 Å². The van der Waals surface area contributed by atoms with Crippen molar-refractivity contribution < 1.29 is 4.74 Å². The van der Waals surface area contributed by atoms with Gasteiger partial charge in [-0.2, -0.15) is 0 Å². The van der Waals surface area contributed by atoms with Gasteiger partial charge >= 0.3 is 0 Å². The fourth-order valence-electron chi connectivity index (χ4n) is 3.35. The Kier molecular flexibility index (Phi) is 4.26. The summed E-state index contributed by atoms with van der Waals surface area (Å²) in [4.78, 5) is 0. The molecule has 0 amide bonds. The molecule has 4 rings (SSSR count). The predicted molar refractivity (Wildman–Crippen MR) is 105 cm³/mol. The molecule has 1 heterocycles. The quantitative estimate of drug-likeness (QED) is 0.657. The van der Waals surface area contributed by atoms with Gasteiger partial charge in [0.25, 0.3) is 0 Å². The van der Waals surface area contributed by atoms with Crippen LogP contribution in [0.1, 0.15) is 29.2 Å². The van der Waals surface area contributed by atoms with Crippen molar-refractivity contribution in [2.24, 2.45) is 0 Å². The maximum Gasteiger partial charge on any atom is 0.118 e. The van der Waals surface area contributed by atoms with Crippen LogP contribution in [0.2, 0.25) is 0 Å². The largest absolute Gasteiger partial charge is 0.497 e. The van der Waals surface area contributed by atoms with E-state index in [9.17, 15) is 0 Å². The molecule has 3 aromatic carbocycles. The van der Waals surface area contributed by atoms with Crippen LogP contribution >= 0.6 is 0 Å². The van der Waals surface area contributed by atoms with Crippen LogP contribution in [0, 0.1) is 0 Å². The Morgan fingerprint density at radius 2 is 1.56 bits per heavy atom. The van der Waals surface area contributed by atoms with Gasteiger partial charge in [-0.15, -0.1) is 0 Å². The van der Waals surface area contributed by atoms with E-state index in [4.69, 9.17) is 4.74 Å². The van der Waals surface area contributed by atoms with Gasteiger partial charge in [-0.3, -0.25) is 0 Å². The Morgan fingerprint density at radius 1 is 0.840 bits per heavy atom. The number of para-hydroxylation sites is 1. The molecule has 1 N–H and O–H groups in total. The highest BCUT2D eigenvalue weighted by atomic mass is 16.5. The Labute approximate surface area is 148 Å². The number of hydrogen-bond donors (Lipinski definition) is 1. The van der Waals surface area contributed by atoms with E-state index in [0.717, 1.165) is 12.2 Å². The molecular formula is C23H21NO. The number of nitrogens with one attached hydrogen (secondary N) is 1. The second kappa shape index (κ2) is 6.86. The lowest BCUT2D eigenvalue weighted by molar-refractivity contribution is 0.414. The highest BCUT2D eigenvalue weighted by molar-refractivity contribution is 5.87. The number of hydrogen-bond acceptors (Lipinski definition) is 2. The van der Waals surface area contributed by atoms with Crippen molar-refractivity contribution in [3.05, 3.63) is 95.6 Å². The normalized spacial score (nSPS) is 16.2. The number of ether oxygens (including phenoxy) is 1. The van der Waals surface area contributed by atoms with E-state index in [2.05, 4.69) is 78.1 Å². The van der Waals surface area contributed by atoms with Crippen LogP contribution in [0.4, 0.5) is 5.69 Å². The van der Waals surface area contributed by atoms with Crippen molar-refractivity contribution in [3.63, 3.8) is 0 Å². The summed E-state index contributed by atoms with van der Waals surface area (Å²) in [6.07, 6.45) is 3.24. The van der Waals surface area contributed by atoms with Gasteiger partial charge < -0.3 is 10.1 Å². The zero-order chi connectivity index (χ0) is 17.1. The summed E-state index contributed by atoms with van der Waals surface area (Å²) in [5, 5.41) is 3.72. The third-order valence-corrected chi connectivity index (χ3v) is 4.71. The molecule has 0 bridgehead atoms. The van der Waals surface area contributed by atoms with Crippen molar-refractivity contribution in [1.29, 1.82) is 0 Å². The molecule has 2 nitrogen and oxygen atoms in total. The molecule has 2 heteroatoms. The van der Waals surface area contributed by atoms with E-state index in [1.807, 2.05) is 12.1 Å². The lowest BCUT2D eigenvalue weighted by Gasteiger charge is -2.20. The molecule has 124 valence electrons. The molecule has 1 aliphatic heterocycles. The third-order valence-electron chi connectivity index (χ3n) is 4.71. The molecule has 25 heavy (non-hydrogen) atoms. The molecule has 1 atom stereocenters. The van der Waals surface area contributed by atoms with Crippen LogP contribution in [0.15, 0.2) is 78.9 Å². The molecule has 0 saturated heterocycles. The highest BCUT2D eigenvalue weighted by Gasteiger charge is 2.19. The Bertz CT molecular complexity index is 881.